The van der Waals surface area contributed by atoms with Gasteiger partial charge in [0.15, 0.2) is 22.9 Å². The monoisotopic (exact) mass is 572 g/mol. The van der Waals surface area contributed by atoms with Crippen LogP contribution in [0.2, 0.25) is 5.02 Å². The van der Waals surface area contributed by atoms with Gasteiger partial charge in [-0.05, 0) is 82.6 Å². The SMILES string of the molecule is COc1cc(C(C)=O)ccc1OCCCCN1CCC(c2noc3cc(Cl)ccc23)CC1.O=C(O)/C=C/C(=O)O. The van der Waals surface area contributed by atoms with Crippen LogP contribution in [-0.2, 0) is 9.59 Å². The van der Waals surface area contributed by atoms with E-state index in [4.69, 9.17) is 35.8 Å². The molecule has 40 heavy (non-hydrogen) atoms. The van der Waals surface area contributed by atoms with E-state index in [0.29, 0.717) is 46.8 Å². The highest BCUT2D eigenvalue weighted by Crippen LogP contribution is 2.33. The molecule has 10 nitrogen and oxygen atoms in total. The highest BCUT2D eigenvalue weighted by molar-refractivity contribution is 6.31. The van der Waals surface area contributed by atoms with Gasteiger partial charge in [0.1, 0.15) is 0 Å². The van der Waals surface area contributed by atoms with Gasteiger partial charge in [-0.2, -0.15) is 0 Å². The largest absolute Gasteiger partial charge is 0.493 e. The molecule has 4 rings (SSSR count). The van der Waals surface area contributed by atoms with Crippen LogP contribution in [-0.4, -0.2) is 71.3 Å². The molecule has 0 saturated carbocycles. The number of ketones is 1. The molecule has 0 unspecified atom stereocenters. The number of carboxylic acid groups (broad SMARTS) is 2. The van der Waals surface area contributed by atoms with Crippen LogP contribution in [0.4, 0.5) is 0 Å². The normalized spacial score (nSPS) is 14.1. The number of methoxy groups -OCH3 is 1. The maximum Gasteiger partial charge on any atom is 0.328 e. The van der Waals surface area contributed by atoms with Gasteiger partial charge in [0.05, 0.1) is 19.4 Å². The molecule has 11 heteroatoms. The number of halogens is 1. The first-order chi connectivity index (χ1) is 19.2. The van der Waals surface area contributed by atoms with Crippen molar-refractivity contribution < 1.29 is 38.6 Å². The number of aliphatic carboxylic acids is 2. The molecule has 0 spiro atoms. The molecule has 1 aliphatic rings. The molecule has 0 bridgehead atoms. The summed E-state index contributed by atoms with van der Waals surface area (Å²) in [5.41, 5.74) is 2.46. The number of ether oxygens (including phenoxy) is 2. The van der Waals surface area contributed by atoms with Crippen molar-refractivity contribution in [3.63, 3.8) is 0 Å². The molecular weight excluding hydrogens is 540 g/mol. The van der Waals surface area contributed by atoms with Crippen molar-refractivity contribution in [3.8, 4) is 11.5 Å². The van der Waals surface area contributed by atoms with E-state index in [2.05, 4.69) is 10.1 Å². The van der Waals surface area contributed by atoms with E-state index in [1.165, 1.54) is 0 Å². The fourth-order valence-corrected chi connectivity index (χ4v) is 4.59. The van der Waals surface area contributed by atoms with E-state index >= 15 is 0 Å². The van der Waals surface area contributed by atoms with Crippen molar-refractivity contribution in [2.24, 2.45) is 0 Å². The second-order valence-corrected chi connectivity index (χ2v) is 9.75. The minimum atomic E-state index is -1.26. The topological polar surface area (TPSA) is 139 Å². The first-order valence-corrected chi connectivity index (χ1v) is 13.3. The highest BCUT2D eigenvalue weighted by Gasteiger charge is 2.24. The Balaban J connectivity index is 0.000000482. The molecule has 1 aromatic heterocycles. The lowest BCUT2D eigenvalue weighted by Crippen LogP contribution is -2.34. The summed E-state index contributed by atoms with van der Waals surface area (Å²) in [6, 6.07) is 11.1. The zero-order valence-electron chi connectivity index (χ0n) is 22.5. The Labute approximate surface area is 237 Å². The lowest BCUT2D eigenvalue weighted by Gasteiger charge is -2.31. The second kappa shape index (κ2) is 15.0. The molecule has 2 heterocycles. The van der Waals surface area contributed by atoms with Crippen molar-refractivity contribution in [2.75, 3.05) is 33.4 Å². The number of likely N-dealkylation sites (tertiary alicyclic amines) is 1. The number of hydrogen-bond donors (Lipinski definition) is 2. The number of fused-ring (bicyclic) bond motifs is 1. The number of carbonyl (C=O) groups excluding carboxylic acids is 1. The summed E-state index contributed by atoms with van der Waals surface area (Å²) >= 11 is 6.05. The molecular formula is C29H33ClN2O8. The van der Waals surface area contributed by atoms with Crippen molar-refractivity contribution in [2.45, 2.75) is 38.5 Å². The number of carboxylic acids is 2. The molecule has 0 atom stereocenters. The number of Topliss-reactive ketones (excluding diaryl/α,β-unsaturated/α-hetero) is 1. The van der Waals surface area contributed by atoms with Gasteiger partial charge in [-0.1, -0.05) is 16.8 Å². The van der Waals surface area contributed by atoms with Crippen LogP contribution in [0, 0.1) is 0 Å². The Kier molecular flexibility index (Phi) is 11.5. The Morgan fingerprint density at radius 3 is 2.38 bits per heavy atom. The fraction of sp³-hybridized carbons (Fsp3) is 0.379. The Hall–Kier alpha value is -3.89. The summed E-state index contributed by atoms with van der Waals surface area (Å²) in [5, 5.41) is 21.7. The molecule has 0 amide bonds. The van der Waals surface area contributed by atoms with Gasteiger partial charge in [0.2, 0.25) is 0 Å². The fourth-order valence-electron chi connectivity index (χ4n) is 4.42. The second-order valence-electron chi connectivity index (χ2n) is 9.31. The molecule has 1 fully saturated rings. The first-order valence-electron chi connectivity index (χ1n) is 12.9. The van der Waals surface area contributed by atoms with Crippen molar-refractivity contribution in [1.82, 2.24) is 10.1 Å². The number of aromatic nitrogens is 1. The lowest BCUT2D eigenvalue weighted by molar-refractivity contribution is -0.134. The number of nitrogens with zero attached hydrogens (tertiary/aromatic N) is 2. The lowest BCUT2D eigenvalue weighted by atomic mass is 9.91. The number of carbonyl (C=O) groups is 3. The standard InChI is InChI=1S/C25H29ClN2O4.C4H4O4/c1-17(29)19-5-8-22(24(15-19)30-2)31-14-4-3-11-28-12-9-18(10-13-28)25-21-7-6-20(26)16-23(21)32-27-25;5-3(6)1-2-4(7)8/h5-8,15-16,18H,3-4,9-14H2,1-2H3;1-2H,(H,5,6)(H,7,8)/b;2-1+. The van der Waals surface area contributed by atoms with Crippen LogP contribution < -0.4 is 9.47 Å². The molecule has 1 saturated heterocycles. The first kappa shape index (κ1) is 30.6. The zero-order valence-corrected chi connectivity index (χ0v) is 23.2. The predicted molar refractivity (Wildman–Crippen MR) is 150 cm³/mol. The molecule has 2 aromatic carbocycles. The van der Waals surface area contributed by atoms with E-state index in [9.17, 15) is 14.4 Å². The van der Waals surface area contributed by atoms with Gasteiger partial charge in [0.25, 0.3) is 0 Å². The molecule has 1 aliphatic heterocycles. The van der Waals surface area contributed by atoms with Crippen LogP contribution in [0.1, 0.15) is 54.6 Å². The van der Waals surface area contributed by atoms with Gasteiger partial charge in [-0.15, -0.1) is 0 Å². The summed E-state index contributed by atoms with van der Waals surface area (Å²) in [6.07, 6.45) is 5.32. The Bertz CT molecular complexity index is 1330. The number of piperidine rings is 1. The Morgan fingerprint density at radius 1 is 1.05 bits per heavy atom. The molecule has 0 radical (unpaired) electrons. The summed E-state index contributed by atoms with van der Waals surface area (Å²) in [5.74, 6) is -0.788. The maximum atomic E-state index is 11.5. The van der Waals surface area contributed by atoms with E-state index in [-0.39, 0.29) is 5.78 Å². The number of unbranched alkanes of at least 4 members (excludes halogenated alkanes) is 1. The molecule has 3 aromatic rings. The minimum Gasteiger partial charge on any atom is -0.493 e. The molecule has 2 N–H and O–H groups in total. The zero-order chi connectivity index (χ0) is 29.1. The van der Waals surface area contributed by atoms with Crippen molar-refractivity contribution >= 4 is 40.3 Å². The van der Waals surface area contributed by atoms with Crippen LogP contribution in [0.3, 0.4) is 0 Å². The molecule has 214 valence electrons. The third-order valence-electron chi connectivity index (χ3n) is 6.50. The quantitative estimate of drug-likeness (QED) is 0.173. The van der Waals surface area contributed by atoms with E-state index in [1.54, 1.807) is 26.2 Å². The summed E-state index contributed by atoms with van der Waals surface area (Å²) in [4.78, 5) is 33.1. The van der Waals surface area contributed by atoms with Crippen molar-refractivity contribution in [3.05, 3.63) is 64.8 Å². The highest BCUT2D eigenvalue weighted by atomic mass is 35.5. The maximum absolute atomic E-state index is 11.5. The number of hydrogen-bond acceptors (Lipinski definition) is 8. The van der Waals surface area contributed by atoms with Crippen LogP contribution in [0.25, 0.3) is 11.0 Å². The predicted octanol–water partition coefficient (Wildman–Crippen LogP) is 5.44. The van der Waals surface area contributed by atoms with Crippen LogP contribution in [0.5, 0.6) is 11.5 Å². The van der Waals surface area contributed by atoms with Gasteiger partial charge in [-0.3, -0.25) is 4.79 Å². The average molecular weight is 573 g/mol. The summed E-state index contributed by atoms with van der Waals surface area (Å²) < 4.78 is 16.7. The smallest absolute Gasteiger partial charge is 0.328 e. The van der Waals surface area contributed by atoms with Crippen molar-refractivity contribution in [1.29, 1.82) is 0 Å². The van der Waals surface area contributed by atoms with E-state index in [1.807, 2.05) is 24.3 Å². The molecule has 0 aliphatic carbocycles. The number of benzene rings is 2. The van der Waals surface area contributed by atoms with Gasteiger partial charge in [-0.25, -0.2) is 9.59 Å². The van der Waals surface area contributed by atoms with Gasteiger partial charge < -0.3 is 29.1 Å². The minimum absolute atomic E-state index is 0.0137. The van der Waals surface area contributed by atoms with E-state index in [0.717, 1.165) is 62.0 Å². The van der Waals surface area contributed by atoms with Gasteiger partial charge in [0, 0.05) is 40.1 Å². The summed E-state index contributed by atoms with van der Waals surface area (Å²) in [7, 11) is 1.59. The number of rotatable bonds is 11. The van der Waals surface area contributed by atoms with Crippen LogP contribution in [0.15, 0.2) is 53.1 Å². The summed E-state index contributed by atoms with van der Waals surface area (Å²) in [6.45, 7) is 5.36. The third-order valence-corrected chi connectivity index (χ3v) is 6.74. The van der Waals surface area contributed by atoms with E-state index < -0.39 is 11.9 Å². The van der Waals surface area contributed by atoms with Gasteiger partial charge >= 0.3 is 11.9 Å². The Morgan fingerprint density at radius 2 is 1.75 bits per heavy atom. The average Bonchev–Trinajstić information content (AvgIpc) is 3.35. The van der Waals surface area contributed by atoms with Crippen LogP contribution >= 0.6 is 11.6 Å². The third kappa shape index (κ3) is 9.10.